The number of carbonyl (C=O) groups excluding carboxylic acids is 2. The van der Waals surface area contributed by atoms with E-state index in [1.807, 2.05) is 6.92 Å². The summed E-state index contributed by atoms with van der Waals surface area (Å²) in [5.41, 5.74) is 0.0934. The number of aryl methyl sites for hydroxylation is 2. The fourth-order valence-electron chi connectivity index (χ4n) is 1.82. The van der Waals surface area contributed by atoms with Crippen molar-refractivity contribution < 1.29 is 23.1 Å². The lowest BCUT2D eigenvalue weighted by atomic mass is 10.2. The molecule has 0 saturated carbocycles. The first-order valence-electron chi connectivity index (χ1n) is 6.36. The van der Waals surface area contributed by atoms with E-state index >= 15 is 0 Å². The summed E-state index contributed by atoms with van der Waals surface area (Å²) in [6, 6.07) is 4.36. The van der Waals surface area contributed by atoms with Crippen LogP contribution in [0.15, 0.2) is 24.3 Å². The van der Waals surface area contributed by atoms with Gasteiger partial charge in [-0.05, 0) is 32.0 Å². The maximum Gasteiger partial charge on any atom is 0.339 e. The van der Waals surface area contributed by atoms with Crippen molar-refractivity contribution in [1.82, 2.24) is 0 Å². The van der Waals surface area contributed by atoms with E-state index in [0.717, 1.165) is 28.0 Å². The molecular weight excluding hydrogens is 312 g/mol. The lowest BCUT2D eigenvalue weighted by molar-refractivity contribution is -0.119. The molecule has 1 amide bonds. The van der Waals surface area contributed by atoms with Crippen LogP contribution in [0, 0.1) is 25.5 Å². The minimum atomic E-state index is -0.773. The number of amides is 1. The number of nitrogens with one attached hydrogen (secondary N) is 1. The second-order valence-corrected chi connectivity index (χ2v) is 6.04. The van der Waals surface area contributed by atoms with Crippen LogP contribution < -0.4 is 5.32 Å². The molecule has 0 fully saturated rings. The molecular formula is C15H13F2NO3S. The molecule has 2 aromatic rings. The first kappa shape index (κ1) is 16.1. The van der Waals surface area contributed by atoms with Gasteiger partial charge in [0.05, 0.1) is 11.3 Å². The third-order valence-corrected chi connectivity index (χ3v) is 3.76. The second-order valence-electron chi connectivity index (χ2n) is 4.58. The summed E-state index contributed by atoms with van der Waals surface area (Å²) >= 11 is 1.45. The largest absolute Gasteiger partial charge is 0.452 e. The van der Waals surface area contributed by atoms with E-state index in [2.05, 4.69) is 5.32 Å². The number of benzene rings is 1. The summed E-state index contributed by atoms with van der Waals surface area (Å²) in [5.74, 6) is -2.83. The average Bonchev–Trinajstić information content (AvgIpc) is 2.79. The smallest absolute Gasteiger partial charge is 0.339 e. The van der Waals surface area contributed by atoms with Crippen molar-refractivity contribution in [2.75, 3.05) is 11.9 Å². The van der Waals surface area contributed by atoms with Gasteiger partial charge in [-0.25, -0.2) is 13.6 Å². The molecule has 0 aliphatic carbocycles. The molecule has 1 aromatic heterocycles. The van der Waals surface area contributed by atoms with Crippen LogP contribution in [-0.4, -0.2) is 18.5 Å². The van der Waals surface area contributed by atoms with Crippen LogP contribution in [0.5, 0.6) is 0 Å². The van der Waals surface area contributed by atoms with Gasteiger partial charge in [0, 0.05) is 15.8 Å². The number of carbonyl (C=O) groups is 2. The molecule has 4 nitrogen and oxygen atoms in total. The van der Waals surface area contributed by atoms with Crippen molar-refractivity contribution in [1.29, 1.82) is 0 Å². The number of anilines is 1. The zero-order valence-electron chi connectivity index (χ0n) is 11.9. The summed E-state index contributed by atoms with van der Waals surface area (Å²) in [6.45, 7) is 3.05. The average molecular weight is 325 g/mol. The van der Waals surface area contributed by atoms with Gasteiger partial charge in [-0.2, -0.15) is 0 Å². The van der Waals surface area contributed by atoms with Gasteiger partial charge in [-0.3, -0.25) is 4.79 Å². The zero-order chi connectivity index (χ0) is 16.3. The van der Waals surface area contributed by atoms with Crippen LogP contribution >= 0.6 is 11.3 Å². The third-order valence-electron chi connectivity index (χ3n) is 2.80. The summed E-state index contributed by atoms with van der Waals surface area (Å²) in [5, 5.41) is 2.15. The highest BCUT2D eigenvalue weighted by Crippen LogP contribution is 2.21. The van der Waals surface area contributed by atoms with E-state index < -0.39 is 30.1 Å². The Balaban J connectivity index is 1.94. The lowest BCUT2D eigenvalue weighted by Crippen LogP contribution is -2.21. The highest BCUT2D eigenvalue weighted by Gasteiger charge is 2.15. The van der Waals surface area contributed by atoms with Crippen LogP contribution in [0.25, 0.3) is 0 Å². The minimum absolute atomic E-state index is 0.302. The molecule has 116 valence electrons. The van der Waals surface area contributed by atoms with E-state index in [1.165, 1.54) is 11.3 Å². The van der Waals surface area contributed by atoms with Crippen molar-refractivity contribution >= 4 is 28.9 Å². The fraction of sp³-hybridized carbons (Fsp3) is 0.200. The van der Waals surface area contributed by atoms with Crippen LogP contribution in [0.4, 0.5) is 14.5 Å². The maximum atomic E-state index is 13.4. The van der Waals surface area contributed by atoms with Crippen LogP contribution in [0.3, 0.4) is 0 Å². The Kier molecular flexibility index (Phi) is 4.87. The maximum absolute atomic E-state index is 13.4. The summed E-state index contributed by atoms with van der Waals surface area (Å²) in [4.78, 5) is 25.2. The minimum Gasteiger partial charge on any atom is -0.452 e. The standard InChI is InChI=1S/C15H13F2NO3S/c1-8-5-11(9(2)22-8)15(20)21-7-14(19)18-13-6-10(16)3-4-12(13)17/h3-6H,7H2,1-2H3,(H,18,19). The normalized spacial score (nSPS) is 10.4. The van der Waals surface area contributed by atoms with Gasteiger partial charge >= 0.3 is 5.97 Å². The highest BCUT2D eigenvalue weighted by molar-refractivity contribution is 7.12. The van der Waals surface area contributed by atoms with Gasteiger partial charge in [0.2, 0.25) is 0 Å². The van der Waals surface area contributed by atoms with E-state index in [-0.39, 0.29) is 5.69 Å². The van der Waals surface area contributed by atoms with Crippen molar-refractivity contribution in [2.45, 2.75) is 13.8 Å². The molecule has 0 unspecified atom stereocenters. The molecule has 1 N–H and O–H groups in total. The molecule has 0 atom stereocenters. The number of rotatable bonds is 4. The molecule has 0 saturated heterocycles. The highest BCUT2D eigenvalue weighted by atomic mass is 32.1. The van der Waals surface area contributed by atoms with Crippen LogP contribution in [-0.2, 0) is 9.53 Å². The zero-order valence-corrected chi connectivity index (χ0v) is 12.7. The van der Waals surface area contributed by atoms with Crippen molar-refractivity contribution in [3.05, 3.63) is 51.2 Å². The second kappa shape index (κ2) is 6.65. The Morgan fingerprint density at radius 2 is 1.95 bits per heavy atom. The third kappa shape index (κ3) is 3.88. The molecule has 0 aliphatic rings. The van der Waals surface area contributed by atoms with Gasteiger partial charge in [0.1, 0.15) is 11.6 Å². The van der Waals surface area contributed by atoms with Crippen LogP contribution in [0.2, 0.25) is 0 Å². The Morgan fingerprint density at radius 3 is 2.59 bits per heavy atom. The van der Waals surface area contributed by atoms with E-state index in [1.54, 1.807) is 13.0 Å². The lowest BCUT2D eigenvalue weighted by Gasteiger charge is -2.07. The summed E-state index contributed by atoms with van der Waals surface area (Å²) in [7, 11) is 0. The molecule has 1 aromatic carbocycles. The first-order valence-corrected chi connectivity index (χ1v) is 7.17. The SMILES string of the molecule is Cc1cc(C(=O)OCC(=O)Nc2cc(F)ccc2F)c(C)s1. The molecule has 0 spiro atoms. The quantitative estimate of drug-likeness (QED) is 0.876. The Hall–Kier alpha value is -2.28. The molecule has 0 aliphatic heterocycles. The number of ether oxygens (including phenoxy) is 1. The van der Waals surface area contributed by atoms with Gasteiger partial charge in [-0.1, -0.05) is 0 Å². The fourth-order valence-corrected chi connectivity index (χ4v) is 2.73. The number of hydrogen-bond donors (Lipinski definition) is 1. The van der Waals surface area contributed by atoms with Gasteiger partial charge in [0.15, 0.2) is 6.61 Å². The topological polar surface area (TPSA) is 55.4 Å². The Bertz CT molecular complexity index is 728. The first-order chi connectivity index (χ1) is 10.4. The van der Waals surface area contributed by atoms with E-state index in [0.29, 0.717) is 5.56 Å². The number of esters is 1. The van der Waals surface area contributed by atoms with Gasteiger partial charge < -0.3 is 10.1 Å². The number of hydrogen-bond acceptors (Lipinski definition) is 4. The summed E-state index contributed by atoms with van der Waals surface area (Å²) < 4.78 is 31.2. The predicted molar refractivity (Wildman–Crippen MR) is 79.1 cm³/mol. The molecule has 22 heavy (non-hydrogen) atoms. The molecule has 7 heteroatoms. The number of halogens is 2. The Morgan fingerprint density at radius 1 is 1.23 bits per heavy atom. The number of thiophene rings is 1. The van der Waals surface area contributed by atoms with E-state index in [9.17, 15) is 18.4 Å². The summed E-state index contributed by atoms with van der Waals surface area (Å²) in [6.07, 6.45) is 0. The monoisotopic (exact) mass is 325 g/mol. The van der Waals surface area contributed by atoms with Crippen molar-refractivity contribution in [3.63, 3.8) is 0 Å². The van der Waals surface area contributed by atoms with Gasteiger partial charge in [0.25, 0.3) is 5.91 Å². The molecule has 0 radical (unpaired) electrons. The van der Waals surface area contributed by atoms with E-state index in [4.69, 9.17) is 4.74 Å². The molecule has 0 bridgehead atoms. The van der Waals surface area contributed by atoms with Crippen molar-refractivity contribution in [2.24, 2.45) is 0 Å². The van der Waals surface area contributed by atoms with Crippen LogP contribution in [0.1, 0.15) is 20.1 Å². The van der Waals surface area contributed by atoms with Crippen molar-refractivity contribution in [3.8, 4) is 0 Å². The molecule has 1 heterocycles. The Labute approximate surface area is 129 Å². The predicted octanol–water partition coefficient (Wildman–Crippen LogP) is 3.44. The molecule has 2 rings (SSSR count). The van der Waals surface area contributed by atoms with Gasteiger partial charge in [-0.15, -0.1) is 11.3 Å².